The molecule has 5 heteroatoms. The van der Waals surface area contributed by atoms with Crippen molar-refractivity contribution in [2.75, 3.05) is 12.9 Å². The Morgan fingerprint density at radius 3 is 2.95 bits per heavy atom. The Hall–Kier alpha value is -1.39. The number of ether oxygens (including phenoxy) is 1. The van der Waals surface area contributed by atoms with Gasteiger partial charge in [-0.05, 0) is 36.3 Å². The molecule has 0 aliphatic heterocycles. The molecule has 118 valence electrons. The van der Waals surface area contributed by atoms with Crippen molar-refractivity contribution in [3.05, 3.63) is 52.9 Å². The summed E-state index contributed by atoms with van der Waals surface area (Å²) in [7, 11) is 0. The molecule has 0 aliphatic rings. The Balaban J connectivity index is 2.30. The summed E-state index contributed by atoms with van der Waals surface area (Å²) in [5.74, 6) is 0.856. The highest BCUT2D eigenvalue weighted by molar-refractivity contribution is 8.01. The van der Waals surface area contributed by atoms with E-state index >= 15 is 0 Å². The minimum atomic E-state index is 0.697. The molecule has 0 atom stereocenters. The molecular formula is C17H21ClN2OS. The Bertz CT molecular complexity index is 611. The fourth-order valence-electron chi connectivity index (χ4n) is 2.14. The van der Waals surface area contributed by atoms with E-state index in [0.717, 1.165) is 30.0 Å². The van der Waals surface area contributed by atoms with E-state index in [1.54, 1.807) is 24.3 Å². The Labute approximate surface area is 141 Å². The lowest BCUT2D eigenvalue weighted by molar-refractivity contribution is 0.305. The van der Waals surface area contributed by atoms with Crippen LogP contribution < -0.4 is 4.74 Å². The summed E-state index contributed by atoms with van der Waals surface area (Å²) in [6, 6.07) is 5.75. The lowest BCUT2D eigenvalue weighted by atomic mass is 10.1. The molecule has 2 rings (SSSR count). The molecular weight excluding hydrogens is 316 g/mol. The number of rotatable bonds is 8. The number of halogens is 1. The molecule has 2 aromatic rings. The summed E-state index contributed by atoms with van der Waals surface area (Å²) in [5, 5.41) is 2.77. The van der Waals surface area contributed by atoms with Crippen molar-refractivity contribution in [1.82, 2.24) is 9.55 Å². The van der Waals surface area contributed by atoms with Crippen LogP contribution >= 0.6 is 23.4 Å². The number of imidazole rings is 1. The van der Waals surface area contributed by atoms with Gasteiger partial charge < -0.3 is 9.30 Å². The molecule has 0 amide bonds. The Morgan fingerprint density at radius 2 is 2.27 bits per heavy atom. The summed E-state index contributed by atoms with van der Waals surface area (Å²) in [6.07, 6.45) is 10.9. The van der Waals surface area contributed by atoms with E-state index in [2.05, 4.69) is 17.3 Å². The van der Waals surface area contributed by atoms with Gasteiger partial charge in [0.2, 0.25) is 0 Å². The molecule has 0 aliphatic carbocycles. The second-order valence-corrected chi connectivity index (χ2v) is 6.05. The molecule has 0 saturated heterocycles. The van der Waals surface area contributed by atoms with Gasteiger partial charge in [0.25, 0.3) is 0 Å². The van der Waals surface area contributed by atoms with Crippen molar-refractivity contribution in [3.63, 3.8) is 0 Å². The van der Waals surface area contributed by atoms with Crippen LogP contribution in [0.25, 0.3) is 5.70 Å². The molecule has 1 aromatic carbocycles. The number of benzene rings is 1. The van der Waals surface area contributed by atoms with Gasteiger partial charge in [-0.15, -0.1) is 11.8 Å². The molecule has 0 spiro atoms. The van der Waals surface area contributed by atoms with Crippen LogP contribution in [-0.2, 0) is 0 Å². The summed E-state index contributed by atoms with van der Waals surface area (Å²) in [5.41, 5.74) is 1.99. The summed E-state index contributed by atoms with van der Waals surface area (Å²) in [4.78, 5) is 4.13. The van der Waals surface area contributed by atoms with Crippen LogP contribution in [0.3, 0.4) is 0 Å². The number of hydrogen-bond acceptors (Lipinski definition) is 3. The van der Waals surface area contributed by atoms with Gasteiger partial charge in [-0.3, -0.25) is 0 Å². The fraction of sp³-hybridized carbons (Fsp3) is 0.353. The number of unbranched alkanes of at least 4 members (excludes halogenated alkanes) is 2. The van der Waals surface area contributed by atoms with E-state index in [0.29, 0.717) is 5.02 Å². The predicted molar refractivity (Wildman–Crippen MR) is 95.6 cm³/mol. The summed E-state index contributed by atoms with van der Waals surface area (Å²) >= 11 is 7.83. The quantitative estimate of drug-likeness (QED) is 0.611. The standard InChI is InChI=1S/C17H21ClN2OS/c1-3-4-5-10-21-17-7-6-14(18)11-15(17)16(12-22-2)20-9-8-19-13-20/h6-9,11-13H,3-5,10H2,1-2H3/b16-12+. The van der Waals surface area contributed by atoms with E-state index in [1.807, 2.05) is 35.2 Å². The average Bonchev–Trinajstić information content (AvgIpc) is 3.04. The first kappa shape index (κ1) is 17.0. The highest BCUT2D eigenvalue weighted by Gasteiger charge is 2.12. The number of nitrogens with zero attached hydrogens (tertiary/aromatic N) is 2. The molecule has 1 aromatic heterocycles. The highest BCUT2D eigenvalue weighted by atomic mass is 35.5. The monoisotopic (exact) mass is 336 g/mol. The first-order chi connectivity index (χ1) is 10.8. The van der Waals surface area contributed by atoms with Gasteiger partial charge in [0.15, 0.2) is 0 Å². The second-order valence-electron chi connectivity index (χ2n) is 4.90. The maximum absolute atomic E-state index is 6.19. The van der Waals surface area contributed by atoms with Crippen LogP contribution in [0.1, 0.15) is 31.7 Å². The van der Waals surface area contributed by atoms with Crippen LogP contribution in [-0.4, -0.2) is 22.4 Å². The van der Waals surface area contributed by atoms with Gasteiger partial charge in [-0.1, -0.05) is 31.4 Å². The number of hydrogen-bond donors (Lipinski definition) is 0. The number of thioether (sulfide) groups is 1. The third kappa shape index (κ3) is 4.55. The molecule has 3 nitrogen and oxygen atoms in total. The maximum atomic E-state index is 6.19. The van der Waals surface area contributed by atoms with Crippen molar-refractivity contribution in [3.8, 4) is 5.75 Å². The molecule has 0 unspecified atom stereocenters. The van der Waals surface area contributed by atoms with E-state index in [9.17, 15) is 0 Å². The minimum absolute atomic E-state index is 0.697. The van der Waals surface area contributed by atoms with Crippen LogP contribution in [0.5, 0.6) is 5.75 Å². The van der Waals surface area contributed by atoms with Crippen LogP contribution in [0.4, 0.5) is 0 Å². The largest absolute Gasteiger partial charge is 0.493 e. The van der Waals surface area contributed by atoms with E-state index in [1.165, 1.54) is 12.8 Å². The van der Waals surface area contributed by atoms with Crippen LogP contribution in [0, 0.1) is 0 Å². The first-order valence-corrected chi connectivity index (χ1v) is 9.07. The minimum Gasteiger partial charge on any atom is -0.493 e. The van der Waals surface area contributed by atoms with Crippen LogP contribution in [0.15, 0.2) is 42.3 Å². The lowest BCUT2D eigenvalue weighted by Crippen LogP contribution is -2.03. The molecule has 0 radical (unpaired) electrons. The lowest BCUT2D eigenvalue weighted by Gasteiger charge is -2.15. The van der Waals surface area contributed by atoms with Gasteiger partial charge in [0.05, 0.1) is 18.6 Å². The molecule has 0 fully saturated rings. The van der Waals surface area contributed by atoms with Gasteiger partial charge in [-0.2, -0.15) is 0 Å². The normalized spacial score (nSPS) is 11.7. The fourth-order valence-corrected chi connectivity index (χ4v) is 2.78. The van der Waals surface area contributed by atoms with Gasteiger partial charge >= 0.3 is 0 Å². The van der Waals surface area contributed by atoms with Crippen molar-refractivity contribution in [2.24, 2.45) is 0 Å². The Kier molecular flexibility index (Phi) is 6.87. The van der Waals surface area contributed by atoms with Crippen molar-refractivity contribution in [1.29, 1.82) is 0 Å². The predicted octanol–water partition coefficient (Wildman–Crippen LogP) is 5.32. The van der Waals surface area contributed by atoms with E-state index in [-0.39, 0.29) is 0 Å². The zero-order valence-electron chi connectivity index (χ0n) is 13.0. The number of aromatic nitrogens is 2. The molecule has 0 N–H and O–H groups in total. The molecule has 0 saturated carbocycles. The van der Waals surface area contributed by atoms with E-state index in [4.69, 9.17) is 16.3 Å². The van der Waals surface area contributed by atoms with Gasteiger partial charge in [-0.25, -0.2) is 4.98 Å². The first-order valence-electron chi connectivity index (χ1n) is 7.40. The third-order valence-corrected chi connectivity index (χ3v) is 3.93. The van der Waals surface area contributed by atoms with Gasteiger partial charge in [0, 0.05) is 23.0 Å². The molecule has 1 heterocycles. The average molecular weight is 337 g/mol. The zero-order chi connectivity index (χ0) is 15.8. The van der Waals surface area contributed by atoms with E-state index < -0.39 is 0 Å². The molecule has 22 heavy (non-hydrogen) atoms. The topological polar surface area (TPSA) is 27.1 Å². The van der Waals surface area contributed by atoms with Crippen molar-refractivity contribution < 1.29 is 4.74 Å². The molecule has 0 bridgehead atoms. The summed E-state index contributed by atoms with van der Waals surface area (Å²) in [6.45, 7) is 2.91. The highest BCUT2D eigenvalue weighted by Crippen LogP contribution is 2.31. The van der Waals surface area contributed by atoms with Gasteiger partial charge in [0.1, 0.15) is 5.75 Å². The van der Waals surface area contributed by atoms with Crippen molar-refractivity contribution in [2.45, 2.75) is 26.2 Å². The third-order valence-electron chi connectivity index (χ3n) is 3.24. The SMILES string of the molecule is CCCCCOc1ccc(Cl)cc1/C(=C\SC)n1ccnc1. The zero-order valence-corrected chi connectivity index (χ0v) is 14.5. The summed E-state index contributed by atoms with van der Waals surface area (Å²) < 4.78 is 7.95. The Morgan fingerprint density at radius 1 is 1.41 bits per heavy atom. The second kappa shape index (κ2) is 8.91. The smallest absolute Gasteiger partial charge is 0.128 e. The van der Waals surface area contributed by atoms with Crippen LogP contribution in [0.2, 0.25) is 5.02 Å². The van der Waals surface area contributed by atoms with Crippen molar-refractivity contribution >= 4 is 29.1 Å². The maximum Gasteiger partial charge on any atom is 0.128 e.